The lowest BCUT2D eigenvalue weighted by molar-refractivity contribution is -0.108. The van der Waals surface area contributed by atoms with Crippen molar-refractivity contribution in [3.63, 3.8) is 0 Å². The van der Waals surface area contributed by atoms with Gasteiger partial charge in [-0.15, -0.1) is 11.6 Å². The molecule has 0 amide bonds. The Labute approximate surface area is 81.5 Å². The van der Waals surface area contributed by atoms with Gasteiger partial charge in [-0.1, -0.05) is 13.0 Å². The maximum atomic E-state index is 12.8. The minimum Gasteiger partial charge on any atom is -0.303 e. The Kier molecular flexibility index (Phi) is 3.43. The number of halogens is 2. The first kappa shape index (κ1) is 10.2. The van der Waals surface area contributed by atoms with Crippen molar-refractivity contribution in [1.29, 1.82) is 0 Å². The molecular weight excluding hydrogens is 191 g/mol. The fourth-order valence-corrected chi connectivity index (χ4v) is 1.44. The quantitative estimate of drug-likeness (QED) is 0.542. The minimum absolute atomic E-state index is 0.227. The van der Waals surface area contributed by atoms with Gasteiger partial charge < -0.3 is 4.79 Å². The summed E-state index contributed by atoms with van der Waals surface area (Å²) in [4.78, 5) is 10.5. The van der Waals surface area contributed by atoms with Crippen molar-refractivity contribution in [2.24, 2.45) is 0 Å². The van der Waals surface area contributed by atoms with Gasteiger partial charge in [-0.05, 0) is 23.3 Å². The summed E-state index contributed by atoms with van der Waals surface area (Å²) in [6.45, 7) is 1.76. The molecule has 0 aliphatic heterocycles. The van der Waals surface area contributed by atoms with Crippen LogP contribution in [0.5, 0.6) is 0 Å². The SMILES string of the molecule is CC(C=O)c1ccc(F)cc1CCl. The van der Waals surface area contributed by atoms with E-state index in [0.29, 0.717) is 5.56 Å². The second kappa shape index (κ2) is 4.38. The lowest BCUT2D eigenvalue weighted by atomic mass is 9.98. The van der Waals surface area contributed by atoms with E-state index in [1.807, 2.05) is 0 Å². The fourth-order valence-electron chi connectivity index (χ4n) is 1.21. The van der Waals surface area contributed by atoms with Crippen LogP contribution in [0.25, 0.3) is 0 Å². The van der Waals surface area contributed by atoms with E-state index in [1.54, 1.807) is 13.0 Å². The van der Waals surface area contributed by atoms with Gasteiger partial charge in [0.2, 0.25) is 0 Å². The molecule has 1 aromatic carbocycles. The highest BCUT2D eigenvalue weighted by molar-refractivity contribution is 6.17. The number of carbonyl (C=O) groups excluding carboxylic acids is 1. The van der Waals surface area contributed by atoms with Crippen molar-refractivity contribution in [2.45, 2.75) is 18.7 Å². The van der Waals surface area contributed by atoms with Crippen LogP contribution in [-0.4, -0.2) is 6.29 Å². The third-order valence-electron chi connectivity index (χ3n) is 1.94. The van der Waals surface area contributed by atoms with E-state index in [2.05, 4.69) is 0 Å². The van der Waals surface area contributed by atoms with Gasteiger partial charge in [-0.3, -0.25) is 0 Å². The Morgan fingerprint density at radius 3 is 2.85 bits per heavy atom. The topological polar surface area (TPSA) is 17.1 Å². The highest BCUT2D eigenvalue weighted by Crippen LogP contribution is 2.20. The first-order valence-electron chi connectivity index (χ1n) is 3.98. The number of alkyl halides is 1. The number of aldehydes is 1. The summed E-state index contributed by atoms with van der Waals surface area (Å²) < 4.78 is 12.8. The van der Waals surface area contributed by atoms with Crippen molar-refractivity contribution in [2.75, 3.05) is 0 Å². The van der Waals surface area contributed by atoms with E-state index in [9.17, 15) is 9.18 Å². The van der Waals surface area contributed by atoms with Crippen LogP contribution < -0.4 is 0 Å². The number of carbonyl (C=O) groups is 1. The second-order valence-electron chi connectivity index (χ2n) is 2.90. The van der Waals surface area contributed by atoms with Crippen molar-refractivity contribution in [1.82, 2.24) is 0 Å². The molecular formula is C10H10ClFO. The normalized spacial score (nSPS) is 12.5. The number of hydrogen-bond donors (Lipinski definition) is 0. The van der Waals surface area contributed by atoms with E-state index < -0.39 is 0 Å². The summed E-state index contributed by atoms with van der Waals surface area (Å²) in [7, 11) is 0. The summed E-state index contributed by atoms with van der Waals surface area (Å²) in [5.74, 6) is -0.322. The smallest absolute Gasteiger partial charge is 0.127 e. The summed E-state index contributed by atoms with van der Waals surface area (Å²) >= 11 is 5.62. The van der Waals surface area contributed by atoms with Crippen LogP contribution in [-0.2, 0) is 10.7 Å². The fraction of sp³-hybridized carbons (Fsp3) is 0.300. The third-order valence-corrected chi connectivity index (χ3v) is 2.23. The second-order valence-corrected chi connectivity index (χ2v) is 3.17. The molecule has 0 spiro atoms. The predicted molar refractivity (Wildman–Crippen MR) is 50.4 cm³/mol. The molecule has 0 N–H and O–H groups in total. The number of benzene rings is 1. The zero-order chi connectivity index (χ0) is 9.84. The molecule has 1 atom stereocenters. The highest BCUT2D eigenvalue weighted by atomic mass is 35.5. The molecule has 0 heterocycles. The van der Waals surface area contributed by atoms with Crippen molar-refractivity contribution in [3.05, 3.63) is 35.1 Å². The number of hydrogen-bond acceptors (Lipinski definition) is 1. The van der Waals surface area contributed by atoms with E-state index in [0.717, 1.165) is 11.8 Å². The zero-order valence-electron chi connectivity index (χ0n) is 7.26. The van der Waals surface area contributed by atoms with Crippen LogP contribution in [0.2, 0.25) is 0 Å². The van der Waals surface area contributed by atoms with Gasteiger partial charge in [0.1, 0.15) is 12.1 Å². The molecule has 1 nitrogen and oxygen atoms in total. The monoisotopic (exact) mass is 200 g/mol. The Balaban J connectivity index is 3.12. The largest absolute Gasteiger partial charge is 0.303 e. The molecule has 3 heteroatoms. The van der Waals surface area contributed by atoms with E-state index >= 15 is 0 Å². The summed E-state index contributed by atoms with van der Waals surface area (Å²) in [6.07, 6.45) is 0.823. The molecule has 0 saturated heterocycles. The molecule has 0 aromatic heterocycles. The van der Waals surface area contributed by atoms with Crippen LogP contribution in [0.3, 0.4) is 0 Å². The Bertz CT molecular complexity index is 312. The zero-order valence-corrected chi connectivity index (χ0v) is 8.01. The Morgan fingerprint density at radius 1 is 1.62 bits per heavy atom. The average Bonchev–Trinajstić information content (AvgIpc) is 2.16. The molecule has 1 unspecified atom stereocenters. The van der Waals surface area contributed by atoms with Crippen LogP contribution in [0.4, 0.5) is 4.39 Å². The van der Waals surface area contributed by atoms with Gasteiger partial charge in [-0.25, -0.2) is 4.39 Å². The van der Waals surface area contributed by atoms with Gasteiger partial charge in [0.15, 0.2) is 0 Å². The van der Waals surface area contributed by atoms with Gasteiger partial charge in [-0.2, -0.15) is 0 Å². The predicted octanol–water partition coefficient (Wildman–Crippen LogP) is 2.87. The lowest BCUT2D eigenvalue weighted by Gasteiger charge is -2.09. The minimum atomic E-state index is -0.322. The standard InChI is InChI=1S/C10H10ClFO/c1-7(6-13)10-3-2-9(12)4-8(10)5-11/h2-4,6-7H,5H2,1H3. The molecule has 0 saturated carbocycles. The molecule has 70 valence electrons. The maximum absolute atomic E-state index is 12.8. The molecule has 0 aliphatic rings. The first-order chi connectivity index (χ1) is 6.19. The first-order valence-corrected chi connectivity index (χ1v) is 4.52. The van der Waals surface area contributed by atoms with E-state index in [4.69, 9.17) is 11.6 Å². The van der Waals surface area contributed by atoms with E-state index in [1.165, 1.54) is 12.1 Å². The van der Waals surface area contributed by atoms with Crippen molar-refractivity contribution in [3.8, 4) is 0 Å². The molecule has 0 bridgehead atoms. The van der Waals surface area contributed by atoms with Gasteiger partial charge >= 0.3 is 0 Å². The average molecular weight is 201 g/mol. The molecule has 0 fully saturated rings. The van der Waals surface area contributed by atoms with Crippen LogP contribution in [0.1, 0.15) is 24.0 Å². The Hall–Kier alpha value is -0.890. The van der Waals surface area contributed by atoms with Crippen molar-refractivity contribution >= 4 is 17.9 Å². The third kappa shape index (κ3) is 2.28. The maximum Gasteiger partial charge on any atom is 0.127 e. The number of rotatable bonds is 3. The van der Waals surface area contributed by atoms with Crippen LogP contribution >= 0.6 is 11.6 Å². The lowest BCUT2D eigenvalue weighted by Crippen LogP contribution is -1.99. The summed E-state index contributed by atoms with van der Waals surface area (Å²) in [5, 5.41) is 0. The molecule has 1 rings (SSSR count). The molecule has 13 heavy (non-hydrogen) atoms. The van der Waals surface area contributed by atoms with Gasteiger partial charge in [0.25, 0.3) is 0 Å². The summed E-state index contributed by atoms with van der Waals surface area (Å²) in [6, 6.07) is 4.31. The van der Waals surface area contributed by atoms with Gasteiger partial charge in [0.05, 0.1) is 0 Å². The highest BCUT2D eigenvalue weighted by Gasteiger charge is 2.09. The van der Waals surface area contributed by atoms with E-state index in [-0.39, 0.29) is 17.6 Å². The Morgan fingerprint density at radius 2 is 2.31 bits per heavy atom. The van der Waals surface area contributed by atoms with Gasteiger partial charge in [0, 0.05) is 11.8 Å². The van der Waals surface area contributed by atoms with Crippen LogP contribution in [0, 0.1) is 5.82 Å². The molecule has 0 radical (unpaired) electrons. The summed E-state index contributed by atoms with van der Waals surface area (Å²) in [5.41, 5.74) is 1.48. The molecule has 0 aliphatic carbocycles. The van der Waals surface area contributed by atoms with Crippen LogP contribution in [0.15, 0.2) is 18.2 Å². The molecule has 1 aromatic rings. The van der Waals surface area contributed by atoms with Crippen molar-refractivity contribution < 1.29 is 9.18 Å².